The van der Waals surface area contributed by atoms with Crippen LogP contribution < -0.4 is 0 Å². The predicted molar refractivity (Wildman–Crippen MR) is 97.9 cm³/mol. The first-order chi connectivity index (χ1) is 10.7. The van der Waals surface area contributed by atoms with Crippen LogP contribution in [0.5, 0.6) is 0 Å². The average Bonchev–Trinajstić information content (AvgIpc) is 2.49. The Morgan fingerprint density at radius 2 is 1.78 bits per heavy atom. The third-order valence-electron chi connectivity index (χ3n) is 5.58. The molecular weight excluding hydrogens is 306 g/mol. The number of benzene rings is 1. The molecule has 0 radical (unpaired) electrons. The Hall–Kier alpha value is -1.02. The maximum Gasteiger partial charge on any atom is 0.233 e. The van der Waals surface area contributed by atoms with Gasteiger partial charge in [0.2, 0.25) is 5.91 Å². The molecule has 1 heterocycles. The van der Waals surface area contributed by atoms with Crippen molar-refractivity contribution in [2.24, 2.45) is 11.3 Å². The maximum atomic E-state index is 13.6. The van der Waals surface area contributed by atoms with Gasteiger partial charge in [-0.1, -0.05) is 64.4 Å². The topological polar surface area (TPSA) is 20.3 Å². The summed E-state index contributed by atoms with van der Waals surface area (Å²) in [5.41, 5.74) is 0.194. The summed E-state index contributed by atoms with van der Waals surface area (Å²) in [6.45, 7) is 12.6. The number of rotatable bonds is 3. The van der Waals surface area contributed by atoms with Crippen LogP contribution in [0, 0.1) is 11.3 Å². The molecule has 1 aliphatic rings. The molecule has 1 aromatic rings. The van der Waals surface area contributed by atoms with E-state index in [2.05, 4.69) is 39.5 Å². The van der Waals surface area contributed by atoms with E-state index in [4.69, 9.17) is 11.6 Å². The molecular formula is C20H30ClNO. The van der Waals surface area contributed by atoms with Gasteiger partial charge < -0.3 is 4.90 Å². The SMILES string of the molecule is CCC(C(=O)N1CCC(C)CC1)(c1ccccc1Cl)C(C)(C)C. The fraction of sp³-hybridized carbons (Fsp3) is 0.650. The van der Waals surface area contributed by atoms with Crippen molar-refractivity contribution in [2.45, 2.75) is 59.3 Å². The molecule has 1 fully saturated rings. The summed E-state index contributed by atoms with van der Waals surface area (Å²) >= 11 is 6.53. The van der Waals surface area contributed by atoms with E-state index >= 15 is 0 Å². The van der Waals surface area contributed by atoms with Crippen LogP contribution in [-0.4, -0.2) is 23.9 Å². The number of carbonyl (C=O) groups excluding carboxylic acids is 1. The van der Waals surface area contributed by atoms with E-state index in [-0.39, 0.29) is 11.3 Å². The Bertz CT molecular complexity index is 555. The normalized spacial score (nSPS) is 19.5. The van der Waals surface area contributed by atoms with Gasteiger partial charge in [0, 0.05) is 18.1 Å². The van der Waals surface area contributed by atoms with Gasteiger partial charge in [0.1, 0.15) is 0 Å². The summed E-state index contributed by atoms with van der Waals surface area (Å²) in [7, 11) is 0. The molecule has 1 aromatic carbocycles. The van der Waals surface area contributed by atoms with Gasteiger partial charge in [-0.05, 0) is 42.2 Å². The third-order valence-corrected chi connectivity index (χ3v) is 5.91. The van der Waals surface area contributed by atoms with Crippen LogP contribution in [0.4, 0.5) is 0 Å². The molecule has 1 atom stereocenters. The largest absolute Gasteiger partial charge is 0.342 e. The van der Waals surface area contributed by atoms with Gasteiger partial charge in [-0.2, -0.15) is 0 Å². The van der Waals surface area contributed by atoms with Gasteiger partial charge in [-0.25, -0.2) is 0 Å². The Morgan fingerprint density at radius 1 is 1.22 bits per heavy atom. The number of amides is 1. The summed E-state index contributed by atoms with van der Waals surface area (Å²) in [6.07, 6.45) is 2.95. The van der Waals surface area contributed by atoms with Crippen LogP contribution in [0.25, 0.3) is 0 Å². The molecule has 3 heteroatoms. The number of hydrogen-bond acceptors (Lipinski definition) is 1. The third kappa shape index (κ3) is 3.28. The van der Waals surface area contributed by atoms with Crippen LogP contribution in [-0.2, 0) is 10.2 Å². The molecule has 0 saturated carbocycles. The van der Waals surface area contributed by atoms with Gasteiger partial charge in [0.05, 0.1) is 5.41 Å². The number of nitrogens with zero attached hydrogens (tertiary/aromatic N) is 1. The highest BCUT2D eigenvalue weighted by atomic mass is 35.5. The van der Waals surface area contributed by atoms with Gasteiger partial charge in [0.25, 0.3) is 0 Å². The van der Waals surface area contributed by atoms with Crippen molar-refractivity contribution in [3.8, 4) is 0 Å². The van der Waals surface area contributed by atoms with Crippen molar-refractivity contribution >= 4 is 17.5 Å². The first-order valence-corrected chi connectivity index (χ1v) is 9.16. The molecule has 0 bridgehead atoms. The number of piperidine rings is 1. The molecule has 1 saturated heterocycles. The maximum absolute atomic E-state index is 13.6. The van der Waals surface area contributed by atoms with Gasteiger partial charge in [-0.15, -0.1) is 0 Å². The van der Waals surface area contributed by atoms with Crippen molar-refractivity contribution in [3.63, 3.8) is 0 Å². The fourth-order valence-electron chi connectivity index (χ4n) is 4.00. The Balaban J connectivity index is 2.50. The van der Waals surface area contributed by atoms with E-state index in [9.17, 15) is 4.79 Å². The number of carbonyl (C=O) groups is 1. The Morgan fingerprint density at radius 3 is 2.26 bits per heavy atom. The quantitative estimate of drug-likeness (QED) is 0.734. The zero-order valence-electron chi connectivity index (χ0n) is 15.2. The minimum Gasteiger partial charge on any atom is -0.342 e. The zero-order chi connectivity index (χ0) is 17.3. The first-order valence-electron chi connectivity index (χ1n) is 8.78. The van der Waals surface area contributed by atoms with Crippen LogP contribution in [0.2, 0.25) is 5.02 Å². The molecule has 1 unspecified atom stereocenters. The van der Waals surface area contributed by atoms with E-state index in [0.29, 0.717) is 10.9 Å². The van der Waals surface area contributed by atoms with Crippen molar-refractivity contribution in [1.29, 1.82) is 0 Å². The Kier molecular flexibility index (Phi) is 5.45. The van der Waals surface area contributed by atoms with Crippen LogP contribution >= 0.6 is 11.6 Å². The lowest BCUT2D eigenvalue weighted by Crippen LogP contribution is -2.55. The van der Waals surface area contributed by atoms with Gasteiger partial charge in [0.15, 0.2) is 0 Å². The molecule has 23 heavy (non-hydrogen) atoms. The molecule has 0 aliphatic carbocycles. The smallest absolute Gasteiger partial charge is 0.233 e. The minimum absolute atomic E-state index is 0.201. The van der Waals surface area contributed by atoms with Gasteiger partial charge >= 0.3 is 0 Å². The van der Waals surface area contributed by atoms with Crippen LogP contribution in [0.1, 0.15) is 59.4 Å². The summed E-state index contributed by atoms with van der Waals surface area (Å²) in [6, 6.07) is 7.85. The predicted octanol–water partition coefficient (Wildman–Crippen LogP) is 5.29. The molecule has 0 aromatic heterocycles. The van der Waals surface area contributed by atoms with E-state index in [1.54, 1.807) is 0 Å². The van der Waals surface area contributed by atoms with Gasteiger partial charge in [-0.3, -0.25) is 4.79 Å². The highest BCUT2D eigenvalue weighted by Gasteiger charge is 2.51. The molecule has 0 spiro atoms. The first kappa shape index (κ1) is 18.3. The minimum atomic E-state index is -0.577. The highest BCUT2D eigenvalue weighted by molar-refractivity contribution is 6.31. The van der Waals surface area contributed by atoms with E-state index in [1.165, 1.54) is 0 Å². The Labute approximate surface area is 146 Å². The summed E-state index contributed by atoms with van der Waals surface area (Å²) in [4.78, 5) is 15.7. The fourth-order valence-corrected chi connectivity index (χ4v) is 4.30. The van der Waals surface area contributed by atoms with Crippen molar-refractivity contribution in [2.75, 3.05) is 13.1 Å². The molecule has 128 valence electrons. The van der Waals surface area contributed by atoms with E-state index in [1.807, 2.05) is 24.3 Å². The van der Waals surface area contributed by atoms with Crippen molar-refractivity contribution in [1.82, 2.24) is 4.90 Å². The second-order valence-electron chi connectivity index (χ2n) is 7.96. The lowest BCUT2D eigenvalue weighted by atomic mass is 9.60. The number of halogens is 1. The molecule has 2 rings (SSSR count). The van der Waals surface area contributed by atoms with Crippen molar-refractivity contribution in [3.05, 3.63) is 34.9 Å². The van der Waals surface area contributed by atoms with E-state index < -0.39 is 5.41 Å². The molecule has 1 aliphatic heterocycles. The summed E-state index contributed by atoms with van der Waals surface area (Å²) in [5.74, 6) is 0.956. The lowest BCUT2D eigenvalue weighted by molar-refractivity contribution is -0.143. The number of likely N-dealkylation sites (tertiary alicyclic amines) is 1. The average molecular weight is 336 g/mol. The van der Waals surface area contributed by atoms with Crippen LogP contribution in [0.3, 0.4) is 0 Å². The second kappa shape index (κ2) is 6.84. The van der Waals surface area contributed by atoms with Crippen LogP contribution in [0.15, 0.2) is 24.3 Å². The zero-order valence-corrected chi connectivity index (χ0v) is 15.9. The van der Waals surface area contributed by atoms with E-state index in [0.717, 1.165) is 37.9 Å². The summed E-state index contributed by atoms with van der Waals surface area (Å²) < 4.78 is 0. The lowest BCUT2D eigenvalue weighted by Gasteiger charge is -2.47. The number of hydrogen-bond donors (Lipinski definition) is 0. The molecule has 1 amide bonds. The summed E-state index contributed by atoms with van der Waals surface area (Å²) in [5, 5.41) is 0.697. The molecule has 2 nitrogen and oxygen atoms in total. The standard InChI is InChI=1S/C20H30ClNO/c1-6-20(19(3,4)5,16-9-7-8-10-17(16)21)18(23)22-13-11-15(2)12-14-22/h7-10,15H,6,11-14H2,1-5H3. The monoisotopic (exact) mass is 335 g/mol. The highest BCUT2D eigenvalue weighted by Crippen LogP contribution is 2.48. The van der Waals surface area contributed by atoms with Crippen molar-refractivity contribution < 1.29 is 4.79 Å². The second-order valence-corrected chi connectivity index (χ2v) is 8.37. The molecule has 0 N–H and O–H groups in total.